The number of anilines is 2. The lowest BCUT2D eigenvalue weighted by atomic mass is 9.96. The number of halogens is 1. The first-order chi connectivity index (χ1) is 13.3. The molecule has 5 nitrogen and oxygen atoms in total. The normalized spacial score (nSPS) is 16.1. The zero-order valence-corrected chi connectivity index (χ0v) is 17.6. The molecule has 0 aliphatic carbocycles. The van der Waals surface area contributed by atoms with Gasteiger partial charge in [0, 0.05) is 5.75 Å². The van der Waals surface area contributed by atoms with E-state index in [0.29, 0.717) is 28.8 Å². The molecule has 3 rings (SSSR count). The molecule has 0 saturated carbocycles. The van der Waals surface area contributed by atoms with Crippen molar-refractivity contribution in [2.75, 3.05) is 22.6 Å². The molecule has 2 aromatic rings. The van der Waals surface area contributed by atoms with Gasteiger partial charge in [0.1, 0.15) is 11.3 Å². The van der Waals surface area contributed by atoms with Crippen LogP contribution in [0.25, 0.3) is 0 Å². The van der Waals surface area contributed by atoms with Gasteiger partial charge in [-0.15, -0.1) is 11.8 Å². The van der Waals surface area contributed by atoms with Gasteiger partial charge < -0.3 is 10.1 Å². The van der Waals surface area contributed by atoms with Crippen molar-refractivity contribution in [3.8, 4) is 5.75 Å². The Morgan fingerprint density at radius 2 is 1.89 bits per heavy atom. The summed E-state index contributed by atoms with van der Waals surface area (Å²) in [5, 5.41) is 3.12. The Labute approximate surface area is 174 Å². The van der Waals surface area contributed by atoms with E-state index in [1.54, 1.807) is 30.9 Å². The maximum atomic E-state index is 13.2. The molecule has 0 aromatic heterocycles. The maximum Gasteiger partial charge on any atom is 0.250 e. The first kappa shape index (κ1) is 20.6. The number of para-hydroxylation sites is 3. The van der Waals surface area contributed by atoms with Gasteiger partial charge in [-0.2, -0.15) is 0 Å². The van der Waals surface area contributed by atoms with Gasteiger partial charge in [-0.05, 0) is 45.0 Å². The van der Waals surface area contributed by atoms with E-state index >= 15 is 0 Å². The molecule has 148 valence electrons. The third-order valence-electron chi connectivity index (χ3n) is 4.62. The van der Waals surface area contributed by atoms with Gasteiger partial charge in [-0.25, -0.2) is 0 Å². The SMILES string of the molecule is CC(SCCOc1ccccc1Cl)C(=O)N1c2ccccc2NC(=O)C1(C)C. The lowest BCUT2D eigenvalue weighted by molar-refractivity contribution is -0.126. The fourth-order valence-electron chi connectivity index (χ4n) is 3.04. The molecule has 1 N–H and O–H groups in total. The summed E-state index contributed by atoms with van der Waals surface area (Å²) in [5.74, 6) is 0.959. The molecule has 0 radical (unpaired) electrons. The van der Waals surface area contributed by atoms with Crippen LogP contribution in [-0.4, -0.2) is 35.0 Å². The summed E-state index contributed by atoms with van der Waals surface area (Å²) < 4.78 is 5.68. The largest absolute Gasteiger partial charge is 0.491 e. The zero-order chi connectivity index (χ0) is 20.3. The van der Waals surface area contributed by atoms with Gasteiger partial charge in [0.05, 0.1) is 28.3 Å². The number of nitrogens with one attached hydrogen (secondary N) is 1. The van der Waals surface area contributed by atoms with Crippen molar-refractivity contribution in [2.45, 2.75) is 31.6 Å². The molecule has 1 heterocycles. The van der Waals surface area contributed by atoms with Crippen molar-refractivity contribution < 1.29 is 14.3 Å². The molecule has 7 heteroatoms. The number of carbonyl (C=O) groups excluding carboxylic acids is 2. The summed E-state index contributed by atoms with van der Waals surface area (Å²) in [4.78, 5) is 27.3. The molecule has 1 atom stereocenters. The Hall–Kier alpha value is -2.18. The van der Waals surface area contributed by atoms with E-state index in [1.807, 2.05) is 43.3 Å². The van der Waals surface area contributed by atoms with Crippen molar-refractivity contribution >= 4 is 46.6 Å². The molecule has 0 saturated heterocycles. The lowest BCUT2D eigenvalue weighted by Gasteiger charge is -2.43. The number of hydrogen-bond acceptors (Lipinski definition) is 4. The third kappa shape index (κ3) is 4.13. The minimum atomic E-state index is -0.964. The van der Waals surface area contributed by atoms with Gasteiger partial charge in [0.15, 0.2) is 0 Å². The van der Waals surface area contributed by atoms with Crippen LogP contribution in [-0.2, 0) is 9.59 Å². The smallest absolute Gasteiger partial charge is 0.250 e. The number of fused-ring (bicyclic) bond motifs is 1. The molecule has 1 aliphatic rings. The van der Waals surface area contributed by atoms with Crippen LogP contribution in [0.5, 0.6) is 5.75 Å². The average molecular weight is 419 g/mol. The van der Waals surface area contributed by atoms with Gasteiger partial charge in [-0.3, -0.25) is 14.5 Å². The predicted octanol–water partition coefficient (Wildman–Crippen LogP) is 4.60. The van der Waals surface area contributed by atoms with E-state index in [1.165, 1.54) is 11.8 Å². The number of benzene rings is 2. The van der Waals surface area contributed by atoms with Crippen LogP contribution < -0.4 is 15.0 Å². The van der Waals surface area contributed by atoms with E-state index in [2.05, 4.69) is 5.32 Å². The number of nitrogens with zero attached hydrogens (tertiary/aromatic N) is 1. The summed E-state index contributed by atoms with van der Waals surface area (Å²) in [6, 6.07) is 14.7. The van der Waals surface area contributed by atoms with Crippen molar-refractivity contribution in [1.82, 2.24) is 0 Å². The Bertz CT molecular complexity index is 887. The molecule has 1 aliphatic heterocycles. The van der Waals surface area contributed by atoms with Crippen molar-refractivity contribution in [3.63, 3.8) is 0 Å². The van der Waals surface area contributed by atoms with Crippen LogP contribution in [0.3, 0.4) is 0 Å². The van der Waals surface area contributed by atoms with Crippen LogP contribution in [0.2, 0.25) is 5.02 Å². The van der Waals surface area contributed by atoms with Crippen LogP contribution in [0, 0.1) is 0 Å². The van der Waals surface area contributed by atoms with E-state index in [9.17, 15) is 9.59 Å². The van der Waals surface area contributed by atoms with Crippen LogP contribution in [0.15, 0.2) is 48.5 Å². The second-order valence-corrected chi connectivity index (χ2v) is 8.85. The predicted molar refractivity (Wildman–Crippen MR) is 116 cm³/mol. The number of amides is 2. The molecule has 0 spiro atoms. The van der Waals surface area contributed by atoms with E-state index in [4.69, 9.17) is 16.3 Å². The highest BCUT2D eigenvalue weighted by Crippen LogP contribution is 2.38. The van der Waals surface area contributed by atoms with Gasteiger partial charge in [0.2, 0.25) is 11.8 Å². The van der Waals surface area contributed by atoms with Crippen molar-refractivity contribution in [2.24, 2.45) is 0 Å². The zero-order valence-electron chi connectivity index (χ0n) is 16.1. The van der Waals surface area contributed by atoms with E-state index in [-0.39, 0.29) is 17.1 Å². The highest BCUT2D eigenvalue weighted by Gasteiger charge is 2.44. The van der Waals surface area contributed by atoms with Gasteiger partial charge >= 0.3 is 0 Å². The third-order valence-corrected chi connectivity index (χ3v) is 6.04. The second kappa shape index (κ2) is 8.45. The summed E-state index contributed by atoms with van der Waals surface area (Å²) in [7, 11) is 0. The molecule has 0 fully saturated rings. The molecular weight excluding hydrogens is 396 g/mol. The average Bonchev–Trinajstić information content (AvgIpc) is 2.66. The second-order valence-electron chi connectivity index (χ2n) is 7.00. The summed E-state index contributed by atoms with van der Waals surface area (Å²) in [5.41, 5.74) is 0.408. The van der Waals surface area contributed by atoms with Crippen molar-refractivity contribution in [1.29, 1.82) is 0 Å². The number of carbonyl (C=O) groups is 2. The maximum absolute atomic E-state index is 13.2. The molecule has 0 bridgehead atoms. The van der Waals surface area contributed by atoms with Crippen LogP contribution in [0.4, 0.5) is 11.4 Å². The minimum Gasteiger partial charge on any atom is -0.491 e. The monoisotopic (exact) mass is 418 g/mol. The Balaban J connectivity index is 1.65. The van der Waals surface area contributed by atoms with Crippen LogP contribution >= 0.6 is 23.4 Å². The molecule has 28 heavy (non-hydrogen) atoms. The van der Waals surface area contributed by atoms with Gasteiger partial charge in [0.25, 0.3) is 0 Å². The van der Waals surface area contributed by atoms with E-state index in [0.717, 1.165) is 5.69 Å². The molecule has 2 aromatic carbocycles. The summed E-state index contributed by atoms with van der Waals surface area (Å²) >= 11 is 7.57. The number of rotatable bonds is 6. The standard InChI is InChI=1S/C21H23ClN2O3S/c1-14(28-13-12-27-18-11-7-4-8-15(18)22)19(25)24-17-10-6-5-9-16(17)23-20(26)21(24,2)3/h4-11,14H,12-13H2,1-3H3,(H,23,26). The quantitative estimate of drug-likeness (QED) is 0.696. The molecule has 2 amide bonds. The molecule has 1 unspecified atom stereocenters. The lowest BCUT2D eigenvalue weighted by Crippen LogP contribution is -2.60. The van der Waals surface area contributed by atoms with Crippen LogP contribution in [0.1, 0.15) is 20.8 Å². The Morgan fingerprint density at radius 1 is 1.21 bits per heavy atom. The highest BCUT2D eigenvalue weighted by atomic mass is 35.5. The number of hydrogen-bond donors (Lipinski definition) is 1. The molecular formula is C21H23ClN2O3S. The fraction of sp³-hybridized carbons (Fsp3) is 0.333. The Morgan fingerprint density at radius 3 is 2.64 bits per heavy atom. The Kier molecular flexibility index (Phi) is 6.20. The van der Waals surface area contributed by atoms with E-state index < -0.39 is 5.54 Å². The first-order valence-electron chi connectivity index (χ1n) is 9.06. The first-order valence-corrected chi connectivity index (χ1v) is 10.5. The minimum absolute atomic E-state index is 0.102. The summed E-state index contributed by atoms with van der Waals surface area (Å²) in [6.07, 6.45) is 0. The topological polar surface area (TPSA) is 58.6 Å². The highest BCUT2D eigenvalue weighted by molar-refractivity contribution is 8.00. The summed E-state index contributed by atoms with van der Waals surface area (Å²) in [6.45, 7) is 5.81. The number of thioether (sulfide) groups is 1. The van der Waals surface area contributed by atoms with Crippen molar-refractivity contribution in [3.05, 3.63) is 53.6 Å². The number of ether oxygens (including phenoxy) is 1. The fourth-order valence-corrected chi connectivity index (χ4v) is 4.01. The van der Waals surface area contributed by atoms with Gasteiger partial charge in [-0.1, -0.05) is 35.9 Å².